The zero-order chi connectivity index (χ0) is 22.0. The van der Waals surface area contributed by atoms with Crippen molar-refractivity contribution in [1.82, 2.24) is 4.90 Å². The lowest BCUT2D eigenvalue weighted by Gasteiger charge is -2.35. The molecular weight excluding hydrogens is 362 g/mol. The van der Waals surface area contributed by atoms with Crippen LogP contribution in [0, 0.1) is 25.2 Å². The highest BCUT2D eigenvalue weighted by Gasteiger charge is 2.22. The molecular formula is C24H35N3O2. The van der Waals surface area contributed by atoms with E-state index in [0.717, 1.165) is 60.4 Å². The molecule has 0 atom stereocenters. The van der Waals surface area contributed by atoms with Gasteiger partial charge in [0.25, 0.3) is 0 Å². The van der Waals surface area contributed by atoms with E-state index in [4.69, 9.17) is 4.74 Å². The second kappa shape index (κ2) is 12.0. The molecule has 158 valence electrons. The number of benzene rings is 1. The Morgan fingerprint density at radius 3 is 2.41 bits per heavy atom. The first-order valence-electron chi connectivity index (χ1n) is 10.4. The summed E-state index contributed by atoms with van der Waals surface area (Å²) in [7, 11) is 1.40. The zero-order valence-electron chi connectivity index (χ0n) is 18.8. The van der Waals surface area contributed by atoms with Gasteiger partial charge in [-0.3, -0.25) is 0 Å². The van der Waals surface area contributed by atoms with E-state index in [1.807, 2.05) is 46.8 Å². The highest BCUT2D eigenvalue weighted by Crippen LogP contribution is 2.26. The van der Waals surface area contributed by atoms with Gasteiger partial charge < -0.3 is 15.0 Å². The molecule has 1 heterocycles. The van der Waals surface area contributed by atoms with Crippen molar-refractivity contribution < 1.29 is 9.53 Å². The number of rotatable bonds is 6. The van der Waals surface area contributed by atoms with Gasteiger partial charge in [-0.25, -0.2) is 4.79 Å². The molecule has 1 aromatic carbocycles. The molecule has 0 aliphatic carbocycles. The second-order valence-electron chi connectivity index (χ2n) is 6.91. The molecule has 0 bridgehead atoms. The number of esters is 1. The molecule has 0 radical (unpaired) electrons. The Labute approximate surface area is 176 Å². The third-order valence-electron chi connectivity index (χ3n) is 5.16. The van der Waals surface area contributed by atoms with E-state index in [2.05, 4.69) is 22.9 Å². The number of methoxy groups -OCH3 is 1. The highest BCUT2D eigenvalue weighted by molar-refractivity contribution is 5.92. The van der Waals surface area contributed by atoms with Crippen molar-refractivity contribution in [2.75, 3.05) is 25.5 Å². The molecule has 0 aromatic heterocycles. The Morgan fingerprint density at radius 1 is 1.31 bits per heavy atom. The van der Waals surface area contributed by atoms with Gasteiger partial charge >= 0.3 is 5.97 Å². The van der Waals surface area contributed by atoms with Crippen LogP contribution in [-0.2, 0) is 4.74 Å². The topological polar surface area (TPSA) is 65.4 Å². The highest BCUT2D eigenvalue weighted by atomic mass is 16.5. The summed E-state index contributed by atoms with van der Waals surface area (Å²) in [5.74, 6) is -0.310. The summed E-state index contributed by atoms with van der Waals surface area (Å²) in [4.78, 5) is 14.2. The van der Waals surface area contributed by atoms with Gasteiger partial charge in [-0.1, -0.05) is 33.4 Å². The number of nitrogens with one attached hydrogen (secondary N) is 1. The van der Waals surface area contributed by atoms with E-state index in [-0.39, 0.29) is 5.97 Å². The molecule has 5 heteroatoms. The first-order chi connectivity index (χ1) is 13.9. The van der Waals surface area contributed by atoms with Crippen LogP contribution in [0.2, 0.25) is 0 Å². The summed E-state index contributed by atoms with van der Waals surface area (Å²) in [5.41, 5.74) is 5.36. The first kappa shape index (κ1) is 24.3. The van der Waals surface area contributed by atoms with Crippen molar-refractivity contribution in [2.45, 2.75) is 59.9 Å². The fraction of sp³-hybridized carbons (Fsp3) is 0.500. The summed E-state index contributed by atoms with van der Waals surface area (Å²) >= 11 is 0. The van der Waals surface area contributed by atoms with Crippen molar-refractivity contribution in [3.05, 3.63) is 52.7 Å². The standard InChI is InChI=1S/C22H29N3O2.C2H6/c1-6-17(14-23)21(7-2)25-10-8-18(9-11-25)24-20-13-19(22(26)27-5)15(3)12-16(20)4;1-2/h7,12-13,18,24H,2,6,8-11H2,1,3-5H3;1-2H3/b21-17-;. The van der Waals surface area contributed by atoms with Crippen molar-refractivity contribution in [3.8, 4) is 6.07 Å². The molecule has 0 unspecified atom stereocenters. The quantitative estimate of drug-likeness (QED) is 0.397. The predicted molar refractivity (Wildman–Crippen MR) is 120 cm³/mol. The molecule has 0 amide bonds. The summed E-state index contributed by atoms with van der Waals surface area (Å²) in [5, 5.41) is 12.9. The fourth-order valence-electron chi connectivity index (χ4n) is 3.58. The molecule has 1 fully saturated rings. The van der Waals surface area contributed by atoms with Gasteiger partial charge in [-0.05, 0) is 56.4 Å². The normalized spacial score (nSPS) is 14.7. The average Bonchev–Trinajstić information content (AvgIpc) is 2.75. The lowest BCUT2D eigenvalue weighted by atomic mass is 9.99. The maximum atomic E-state index is 12.0. The molecule has 1 aliphatic heterocycles. The van der Waals surface area contributed by atoms with Crippen molar-refractivity contribution >= 4 is 11.7 Å². The molecule has 1 saturated heterocycles. The van der Waals surface area contributed by atoms with E-state index in [1.54, 1.807) is 6.08 Å². The number of ether oxygens (including phenoxy) is 1. The summed E-state index contributed by atoms with van der Waals surface area (Å²) < 4.78 is 4.88. The van der Waals surface area contributed by atoms with Gasteiger partial charge in [0.15, 0.2) is 0 Å². The van der Waals surface area contributed by atoms with E-state index in [9.17, 15) is 10.1 Å². The van der Waals surface area contributed by atoms with Crippen LogP contribution in [0.15, 0.2) is 36.1 Å². The third-order valence-corrected chi connectivity index (χ3v) is 5.16. The van der Waals surface area contributed by atoms with E-state index >= 15 is 0 Å². The number of hydrogen-bond acceptors (Lipinski definition) is 5. The van der Waals surface area contributed by atoms with Crippen LogP contribution < -0.4 is 5.32 Å². The number of anilines is 1. The van der Waals surface area contributed by atoms with Crippen LogP contribution in [0.5, 0.6) is 0 Å². The average molecular weight is 398 g/mol. The Hall–Kier alpha value is -2.74. The number of carbonyl (C=O) groups is 1. The number of aryl methyl sites for hydroxylation is 2. The zero-order valence-corrected chi connectivity index (χ0v) is 18.8. The van der Waals surface area contributed by atoms with Gasteiger partial charge in [0.05, 0.1) is 24.3 Å². The van der Waals surface area contributed by atoms with Crippen molar-refractivity contribution in [2.24, 2.45) is 0 Å². The number of hydrogen-bond donors (Lipinski definition) is 1. The Morgan fingerprint density at radius 2 is 1.93 bits per heavy atom. The van der Waals surface area contributed by atoms with Gasteiger partial charge in [-0.15, -0.1) is 0 Å². The van der Waals surface area contributed by atoms with Crippen molar-refractivity contribution in [1.29, 1.82) is 5.26 Å². The molecule has 0 spiro atoms. The first-order valence-corrected chi connectivity index (χ1v) is 10.4. The maximum Gasteiger partial charge on any atom is 0.338 e. The number of nitrogens with zero attached hydrogens (tertiary/aromatic N) is 2. The molecule has 2 rings (SSSR count). The maximum absolute atomic E-state index is 12.0. The smallest absolute Gasteiger partial charge is 0.338 e. The number of carbonyl (C=O) groups excluding carboxylic acids is 1. The number of nitriles is 1. The Bertz CT molecular complexity index is 782. The predicted octanol–water partition coefficient (Wildman–Crippen LogP) is 5.37. The van der Waals surface area contributed by atoms with Crippen molar-refractivity contribution in [3.63, 3.8) is 0 Å². The number of piperidine rings is 1. The summed E-state index contributed by atoms with van der Waals surface area (Å²) in [6.45, 7) is 15.6. The van der Waals surface area contributed by atoms with Crippen LogP contribution in [0.25, 0.3) is 0 Å². The lowest BCUT2D eigenvalue weighted by molar-refractivity contribution is 0.0600. The third kappa shape index (κ3) is 6.12. The van der Waals surface area contributed by atoms with Crippen LogP contribution >= 0.6 is 0 Å². The van der Waals surface area contributed by atoms with Gasteiger partial charge in [0, 0.05) is 30.5 Å². The van der Waals surface area contributed by atoms with E-state index < -0.39 is 0 Å². The van der Waals surface area contributed by atoms with Crippen LogP contribution in [0.3, 0.4) is 0 Å². The van der Waals surface area contributed by atoms with E-state index in [1.165, 1.54) is 7.11 Å². The van der Waals surface area contributed by atoms with Gasteiger partial charge in [0.2, 0.25) is 0 Å². The van der Waals surface area contributed by atoms with Gasteiger partial charge in [-0.2, -0.15) is 5.26 Å². The molecule has 0 saturated carbocycles. The summed E-state index contributed by atoms with van der Waals surface area (Å²) in [6.07, 6.45) is 4.43. The molecule has 1 N–H and O–H groups in total. The molecule has 1 aliphatic rings. The molecule has 29 heavy (non-hydrogen) atoms. The minimum Gasteiger partial charge on any atom is -0.465 e. The van der Waals surface area contributed by atoms with Crippen LogP contribution in [0.4, 0.5) is 5.69 Å². The minimum absolute atomic E-state index is 0.310. The van der Waals surface area contributed by atoms with E-state index in [0.29, 0.717) is 11.6 Å². The monoisotopic (exact) mass is 397 g/mol. The number of allylic oxidation sites excluding steroid dienone is 2. The largest absolute Gasteiger partial charge is 0.465 e. The minimum atomic E-state index is -0.310. The number of likely N-dealkylation sites (tertiary alicyclic amines) is 1. The summed E-state index contributed by atoms with van der Waals surface area (Å²) in [6, 6.07) is 6.53. The van der Waals surface area contributed by atoms with Crippen LogP contribution in [0.1, 0.15) is 61.5 Å². The Balaban J connectivity index is 0.00000204. The lowest BCUT2D eigenvalue weighted by Crippen LogP contribution is -2.38. The van der Waals surface area contributed by atoms with Gasteiger partial charge in [0.1, 0.15) is 0 Å². The molecule has 1 aromatic rings. The fourth-order valence-corrected chi connectivity index (χ4v) is 3.58. The molecule has 5 nitrogen and oxygen atoms in total. The Kier molecular flexibility index (Phi) is 10.0. The SMILES string of the molecule is C=C/C(=C(/C#N)CC)N1CCC(Nc2cc(C(=O)OC)c(C)cc2C)CC1.CC. The second-order valence-corrected chi connectivity index (χ2v) is 6.91. The van der Waals surface area contributed by atoms with Crippen LogP contribution in [-0.4, -0.2) is 37.1 Å².